The molecule has 25 heavy (non-hydrogen) atoms. The number of carboxylic acid groups (broad SMARTS) is 1. The van der Waals surface area contributed by atoms with Crippen molar-refractivity contribution in [1.29, 1.82) is 0 Å². The molecule has 4 rings (SSSR count). The van der Waals surface area contributed by atoms with Gasteiger partial charge in [0.2, 0.25) is 0 Å². The molecule has 1 fully saturated rings. The van der Waals surface area contributed by atoms with Gasteiger partial charge in [-0.15, -0.1) is 0 Å². The molecule has 3 aromatic rings. The largest absolute Gasteiger partial charge is 0.476 e. The van der Waals surface area contributed by atoms with Crippen molar-refractivity contribution in [3.8, 4) is 0 Å². The zero-order valence-electron chi connectivity index (χ0n) is 13.4. The van der Waals surface area contributed by atoms with Gasteiger partial charge in [0.25, 0.3) is 5.91 Å². The van der Waals surface area contributed by atoms with Crippen LogP contribution in [0.3, 0.4) is 0 Å². The summed E-state index contributed by atoms with van der Waals surface area (Å²) in [6, 6.07) is 9.07. The minimum atomic E-state index is -1.11. The molecule has 0 saturated carbocycles. The van der Waals surface area contributed by atoms with Gasteiger partial charge in [0.15, 0.2) is 5.69 Å². The van der Waals surface area contributed by atoms with Gasteiger partial charge in [-0.05, 0) is 36.2 Å². The van der Waals surface area contributed by atoms with Gasteiger partial charge in [0, 0.05) is 37.6 Å². The number of hydrogen-bond donors (Lipinski definition) is 1. The quantitative estimate of drug-likeness (QED) is 0.791. The molecule has 7 nitrogen and oxygen atoms in total. The highest BCUT2D eigenvalue weighted by molar-refractivity contribution is 5.94. The van der Waals surface area contributed by atoms with Gasteiger partial charge in [-0.2, -0.15) is 0 Å². The third-order valence-electron chi connectivity index (χ3n) is 4.58. The first-order valence-corrected chi connectivity index (χ1v) is 8.04. The monoisotopic (exact) mass is 336 g/mol. The molecule has 0 radical (unpaired) electrons. The van der Waals surface area contributed by atoms with Crippen LogP contribution in [0.5, 0.6) is 0 Å². The van der Waals surface area contributed by atoms with E-state index in [1.807, 2.05) is 12.1 Å². The van der Waals surface area contributed by atoms with Crippen molar-refractivity contribution in [3.05, 3.63) is 65.9 Å². The standard InChI is InChI=1S/C18H16N4O3/c23-17(21-9-6-13(10-21)12-4-7-19-8-5-12)15-2-1-3-16-20-14(18(24)25)11-22(15)16/h1-5,7-8,11,13H,6,9-10H2,(H,24,25). The zero-order valence-corrected chi connectivity index (χ0v) is 13.4. The predicted molar refractivity (Wildman–Crippen MR) is 89.6 cm³/mol. The first kappa shape index (κ1) is 15.3. The first-order valence-electron chi connectivity index (χ1n) is 8.04. The Balaban J connectivity index is 1.61. The number of carboxylic acids is 1. The highest BCUT2D eigenvalue weighted by Gasteiger charge is 2.29. The number of hydrogen-bond acceptors (Lipinski definition) is 4. The minimum Gasteiger partial charge on any atom is -0.476 e. The van der Waals surface area contributed by atoms with E-state index in [1.54, 1.807) is 39.9 Å². The van der Waals surface area contributed by atoms with Crippen LogP contribution in [-0.2, 0) is 0 Å². The number of aromatic carboxylic acids is 1. The second-order valence-corrected chi connectivity index (χ2v) is 6.09. The first-order chi connectivity index (χ1) is 12.1. The molecule has 1 saturated heterocycles. The molecule has 1 unspecified atom stereocenters. The number of aromatic nitrogens is 3. The molecule has 4 heterocycles. The van der Waals surface area contributed by atoms with Crippen LogP contribution in [0.25, 0.3) is 5.65 Å². The highest BCUT2D eigenvalue weighted by Crippen LogP contribution is 2.27. The predicted octanol–water partition coefficient (Wildman–Crippen LogP) is 2.06. The van der Waals surface area contributed by atoms with Crippen molar-refractivity contribution < 1.29 is 14.7 Å². The molecule has 0 bridgehead atoms. The minimum absolute atomic E-state index is 0.0728. The van der Waals surface area contributed by atoms with E-state index < -0.39 is 5.97 Å². The number of likely N-dealkylation sites (tertiary alicyclic amines) is 1. The van der Waals surface area contributed by atoms with Gasteiger partial charge in [0.05, 0.1) is 0 Å². The van der Waals surface area contributed by atoms with E-state index in [0.717, 1.165) is 6.42 Å². The van der Waals surface area contributed by atoms with Gasteiger partial charge in [-0.25, -0.2) is 9.78 Å². The van der Waals surface area contributed by atoms with Gasteiger partial charge in [-0.3, -0.25) is 14.2 Å². The summed E-state index contributed by atoms with van der Waals surface area (Å²) in [4.78, 5) is 33.9. The molecule has 126 valence electrons. The lowest BCUT2D eigenvalue weighted by Gasteiger charge is -2.17. The smallest absolute Gasteiger partial charge is 0.356 e. The molecule has 0 aliphatic carbocycles. The van der Waals surface area contributed by atoms with Gasteiger partial charge < -0.3 is 10.0 Å². The average molecular weight is 336 g/mol. The van der Waals surface area contributed by atoms with Crippen molar-refractivity contribution >= 4 is 17.5 Å². The van der Waals surface area contributed by atoms with E-state index in [1.165, 1.54) is 11.8 Å². The molecule has 1 atom stereocenters. The maximum atomic E-state index is 12.9. The Kier molecular flexibility index (Phi) is 3.68. The lowest BCUT2D eigenvalue weighted by molar-refractivity contribution is 0.0689. The van der Waals surface area contributed by atoms with E-state index in [-0.39, 0.29) is 11.6 Å². The fourth-order valence-corrected chi connectivity index (χ4v) is 3.30. The van der Waals surface area contributed by atoms with Crippen LogP contribution in [0.2, 0.25) is 0 Å². The van der Waals surface area contributed by atoms with Gasteiger partial charge in [0.1, 0.15) is 11.3 Å². The van der Waals surface area contributed by atoms with Crippen molar-refractivity contribution in [2.75, 3.05) is 13.1 Å². The normalized spacial score (nSPS) is 17.1. The second-order valence-electron chi connectivity index (χ2n) is 6.09. The number of carbonyl (C=O) groups excluding carboxylic acids is 1. The van der Waals surface area contributed by atoms with Crippen LogP contribution in [0.15, 0.2) is 48.9 Å². The topological polar surface area (TPSA) is 87.8 Å². The fraction of sp³-hybridized carbons (Fsp3) is 0.222. The van der Waals surface area contributed by atoms with Crippen molar-refractivity contribution in [1.82, 2.24) is 19.3 Å². The van der Waals surface area contributed by atoms with E-state index in [9.17, 15) is 9.59 Å². The second kappa shape index (κ2) is 6.01. The summed E-state index contributed by atoms with van der Waals surface area (Å²) in [6.07, 6.45) is 5.82. The zero-order chi connectivity index (χ0) is 17.4. The molecule has 7 heteroatoms. The summed E-state index contributed by atoms with van der Waals surface area (Å²) in [5.41, 5.74) is 1.98. The van der Waals surface area contributed by atoms with Gasteiger partial charge in [-0.1, -0.05) is 6.07 Å². The lowest BCUT2D eigenvalue weighted by Crippen LogP contribution is -2.29. The van der Waals surface area contributed by atoms with E-state index in [2.05, 4.69) is 9.97 Å². The molecule has 1 aliphatic heterocycles. The van der Waals surface area contributed by atoms with Crippen LogP contribution < -0.4 is 0 Å². The van der Waals surface area contributed by atoms with E-state index in [4.69, 9.17) is 5.11 Å². The number of nitrogens with zero attached hydrogens (tertiary/aromatic N) is 4. The van der Waals surface area contributed by atoms with Crippen LogP contribution in [-0.4, -0.2) is 49.3 Å². The molecule has 0 spiro atoms. The number of amides is 1. The summed E-state index contributed by atoms with van der Waals surface area (Å²) >= 11 is 0. The summed E-state index contributed by atoms with van der Waals surface area (Å²) in [5.74, 6) is -0.930. The third-order valence-corrected chi connectivity index (χ3v) is 4.58. The lowest BCUT2D eigenvalue weighted by atomic mass is 10.00. The third kappa shape index (κ3) is 2.73. The maximum Gasteiger partial charge on any atom is 0.356 e. The highest BCUT2D eigenvalue weighted by atomic mass is 16.4. The number of fused-ring (bicyclic) bond motifs is 1. The van der Waals surface area contributed by atoms with E-state index >= 15 is 0 Å². The number of rotatable bonds is 3. The Bertz CT molecular complexity index is 951. The molecular weight excluding hydrogens is 320 g/mol. The Morgan fingerprint density at radius 3 is 2.72 bits per heavy atom. The van der Waals surface area contributed by atoms with Crippen LogP contribution in [0, 0.1) is 0 Å². The Hall–Kier alpha value is -3.22. The number of imidazole rings is 1. The Labute approximate surface area is 143 Å². The molecule has 1 N–H and O–H groups in total. The molecule has 0 aromatic carbocycles. The van der Waals surface area contributed by atoms with E-state index in [0.29, 0.717) is 30.3 Å². The summed E-state index contributed by atoms with van der Waals surface area (Å²) in [6.45, 7) is 1.31. The summed E-state index contributed by atoms with van der Waals surface area (Å²) in [7, 11) is 0. The van der Waals surface area contributed by atoms with Crippen LogP contribution in [0.1, 0.15) is 38.9 Å². The van der Waals surface area contributed by atoms with Crippen LogP contribution >= 0.6 is 0 Å². The van der Waals surface area contributed by atoms with Crippen LogP contribution in [0.4, 0.5) is 0 Å². The Morgan fingerprint density at radius 2 is 1.96 bits per heavy atom. The van der Waals surface area contributed by atoms with Crippen molar-refractivity contribution in [3.63, 3.8) is 0 Å². The van der Waals surface area contributed by atoms with Gasteiger partial charge >= 0.3 is 5.97 Å². The Morgan fingerprint density at radius 1 is 1.16 bits per heavy atom. The summed E-state index contributed by atoms with van der Waals surface area (Å²) in [5, 5.41) is 9.11. The molecule has 1 amide bonds. The van der Waals surface area contributed by atoms with Crippen molar-refractivity contribution in [2.24, 2.45) is 0 Å². The average Bonchev–Trinajstić information content (AvgIpc) is 3.28. The SMILES string of the molecule is O=C(O)c1cn2c(C(=O)N3CCC(c4ccncc4)C3)cccc2n1. The molecular formula is C18H16N4O3. The fourth-order valence-electron chi connectivity index (χ4n) is 3.30. The summed E-state index contributed by atoms with van der Waals surface area (Å²) < 4.78 is 1.55. The molecule has 3 aromatic heterocycles. The number of carbonyl (C=O) groups is 2. The van der Waals surface area contributed by atoms with Crippen molar-refractivity contribution in [2.45, 2.75) is 12.3 Å². The molecule has 1 aliphatic rings. The maximum absolute atomic E-state index is 12.9. The number of pyridine rings is 2.